The third-order valence-electron chi connectivity index (χ3n) is 6.41. The Hall–Kier alpha value is -2.58. The number of hydrogen-bond donors (Lipinski definition) is 2. The highest BCUT2D eigenvalue weighted by Crippen LogP contribution is 2.39. The fourth-order valence-electron chi connectivity index (χ4n) is 4.53. The molecule has 1 aromatic heterocycles. The second-order valence-electron chi connectivity index (χ2n) is 8.28. The Labute approximate surface area is 174 Å². The second-order valence-corrected chi connectivity index (χ2v) is 8.28. The molecule has 150 valence electrons. The Kier molecular flexibility index (Phi) is 5.73. The highest BCUT2D eigenvalue weighted by Gasteiger charge is 2.18. The van der Waals surface area contributed by atoms with Gasteiger partial charge in [0.2, 0.25) is 0 Å². The lowest BCUT2D eigenvalue weighted by molar-refractivity contribution is 0.738. The van der Waals surface area contributed by atoms with E-state index in [-0.39, 0.29) is 0 Å². The molecule has 0 aliphatic carbocycles. The van der Waals surface area contributed by atoms with E-state index < -0.39 is 0 Å². The normalized spacial score (nSPS) is 12.7. The lowest BCUT2D eigenvalue weighted by atomic mass is 9.93. The molecule has 2 heteroatoms. The van der Waals surface area contributed by atoms with Crippen LogP contribution >= 0.6 is 0 Å². The number of nitrogens with one attached hydrogen (secondary N) is 1. The molecular formula is C27H32N2. The van der Waals surface area contributed by atoms with Gasteiger partial charge in [-0.15, -0.1) is 0 Å². The van der Waals surface area contributed by atoms with Gasteiger partial charge in [-0.3, -0.25) is 0 Å². The summed E-state index contributed by atoms with van der Waals surface area (Å²) >= 11 is 0. The minimum absolute atomic E-state index is 0.539. The van der Waals surface area contributed by atoms with E-state index in [0.29, 0.717) is 5.92 Å². The summed E-state index contributed by atoms with van der Waals surface area (Å²) in [6.07, 6.45) is 4.38. The average Bonchev–Trinajstić information content (AvgIpc) is 3.12. The summed E-state index contributed by atoms with van der Waals surface area (Å²) < 4.78 is 0. The maximum Gasteiger partial charge on any atom is 0.0503 e. The van der Waals surface area contributed by atoms with E-state index in [0.717, 1.165) is 32.2 Å². The molecule has 0 fully saturated rings. The van der Waals surface area contributed by atoms with Gasteiger partial charge in [0.15, 0.2) is 0 Å². The van der Waals surface area contributed by atoms with Gasteiger partial charge in [-0.05, 0) is 72.5 Å². The number of H-pyrrole nitrogens is 1. The van der Waals surface area contributed by atoms with Crippen LogP contribution in [-0.4, -0.2) is 11.5 Å². The number of rotatable bonds is 7. The molecule has 0 amide bonds. The molecule has 0 radical (unpaired) electrons. The molecule has 0 aliphatic heterocycles. The summed E-state index contributed by atoms with van der Waals surface area (Å²) in [5, 5.41) is 4.03. The first-order valence-electron chi connectivity index (χ1n) is 11.0. The standard InChI is InChI=1S/C27H32N2/c1-4-18(2)21-13-9-14-24-23(12-7-8-17-28)27(29-26(21)24)25-16-15-19(3)20-10-5-6-11-22(20)25/h5-6,9-11,13-16,18,29H,4,7-8,12,17,28H2,1-3H3. The van der Waals surface area contributed by atoms with Crippen molar-refractivity contribution in [2.45, 2.75) is 52.4 Å². The third-order valence-corrected chi connectivity index (χ3v) is 6.41. The molecule has 0 bridgehead atoms. The summed E-state index contributed by atoms with van der Waals surface area (Å²) in [6, 6.07) is 20.1. The summed E-state index contributed by atoms with van der Waals surface area (Å²) in [7, 11) is 0. The van der Waals surface area contributed by atoms with Gasteiger partial charge in [0, 0.05) is 16.5 Å². The minimum Gasteiger partial charge on any atom is -0.354 e. The molecule has 1 unspecified atom stereocenters. The summed E-state index contributed by atoms with van der Waals surface area (Å²) in [4.78, 5) is 3.87. The first-order valence-corrected chi connectivity index (χ1v) is 11.0. The van der Waals surface area contributed by atoms with Crippen molar-refractivity contribution >= 4 is 21.7 Å². The number of hydrogen-bond acceptors (Lipinski definition) is 1. The third kappa shape index (κ3) is 3.58. The van der Waals surface area contributed by atoms with Crippen LogP contribution in [0, 0.1) is 6.92 Å². The lowest BCUT2D eigenvalue weighted by Gasteiger charge is -2.10. The molecule has 4 aromatic rings. The molecule has 2 nitrogen and oxygen atoms in total. The first-order chi connectivity index (χ1) is 14.2. The number of nitrogens with two attached hydrogens (primary N) is 1. The van der Waals surface area contributed by atoms with Crippen LogP contribution in [0.25, 0.3) is 32.9 Å². The highest BCUT2D eigenvalue weighted by molar-refractivity contribution is 6.02. The molecule has 0 spiro atoms. The van der Waals surface area contributed by atoms with Crippen LogP contribution in [-0.2, 0) is 6.42 Å². The summed E-state index contributed by atoms with van der Waals surface area (Å²) in [5.74, 6) is 0.539. The zero-order chi connectivity index (χ0) is 20.4. The maximum absolute atomic E-state index is 5.79. The molecule has 0 aliphatic rings. The van der Waals surface area contributed by atoms with Gasteiger partial charge >= 0.3 is 0 Å². The second kappa shape index (κ2) is 8.42. The molecule has 1 heterocycles. The Morgan fingerprint density at radius 1 is 0.897 bits per heavy atom. The van der Waals surface area contributed by atoms with Crippen LogP contribution in [0.3, 0.4) is 0 Å². The van der Waals surface area contributed by atoms with Gasteiger partial charge in [-0.25, -0.2) is 0 Å². The van der Waals surface area contributed by atoms with Gasteiger partial charge in [-0.2, -0.15) is 0 Å². The van der Waals surface area contributed by atoms with E-state index >= 15 is 0 Å². The maximum atomic E-state index is 5.79. The van der Waals surface area contributed by atoms with E-state index in [9.17, 15) is 0 Å². The number of fused-ring (bicyclic) bond motifs is 2. The molecule has 3 aromatic carbocycles. The molecule has 0 saturated heterocycles. The SMILES string of the molecule is CCC(C)c1cccc2c(CCCCN)c(-c3ccc(C)c4ccccc34)[nH]c12. The predicted molar refractivity (Wildman–Crippen MR) is 127 cm³/mol. The van der Waals surface area contributed by atoms with Crippen molar-refractivity contribution < 1.29 is 0 Å². The number of aromatic amines is 1. The molecule has 0 saturated carbocycles. The smallest absolute Gasteiger partial charge is 0.0503 e. The van der Waals surface area contributed by atoms with Crippen LogP contribution in [0.1, 0.15) is 55.7 Å². The first kappa shape index (κ1) is 19.7. The Bertz CT molecular complexity index is 1140. The predicted octanol–water partition coefficient (Wildman–Crippen LogP) is 7.09. The number of para-hydroxylation sites is 1. The molecule has 3 N–H and O–H groups in total. The van der Waals surface area contributed by atoms with Crippen LogP contribution in [0.15, 0.2) is 54.6 Å². The number of benzene rings is 3. The van der Waals surface area contributed by atoms with Gasteiger partial charge in [0.05, 0.1) is 5.69 Å². The topological polar surface area (TPSA) is 41.8 Å². The summed E-state index contributed by atoms with van der Waals surface area (Å²) in [5.41, 5.74) is 13.9. The van der Waals surface area contributed by atoms with Crippen molar-refractivity contribution in [2.24, 2.45) is 5.73 Å². The van der Waals surface area contributed by atoms with E-state index in [1.54, 1.807) is 0 Å². The van der Waals surface area contributed by atoms with Crippen molar-refractivity contribution in [1.29, 1.82) is 0 Å². The fourth-order valence-corrected chi connectivity index (χ4v) is 4.53. The Morgan fingerprint density at radius 2 is 1.66 bits per heavy atom. The largest absolute Gasteiger partial charge is 0.354 e. The zero-order valence-electron chi connectivity index (χ0n) is 17.9. The molecule has 29 heavy (non-hydrogen) atoms. The van der Waals surface area contributed by atoms with Crippen molar-refractivity contribution in [3.63, 3.8) is 0 Å². The molecule has 4 rings (SSSR count). The van der Waals surface area contributed by atoms with Crippen LogP contribution in [0.5, 0.6) is 0 Å². The van der Waals surface area contributed by atoms with Crippen LogP contribution in [0.2, 0.25) is 0 Å². The van der Waals surface area contributed by atoms with E-state index in [4.69, 9.17) is 5.73 Å². The van der Waals surface area contributed by atoms with E-state index in [2.05, 4.69) is 80.4 Å². The van der Waals surface area contributed by atoms with Gasteiger partial charge in [0.25, 0.3) is 0 Å². The lowest BCUT2D eigenvalue weighted by Crippen LogP contribution is -1.99. The van der Waals surface area contributed by atoms with Gasteiger partial charge < -0.3 is 10.7 Å². The fraction of sp³-hybridized carbons (Fsp3) is 0.333. The van der Waals surface area contributed by atoms with Crippen molar-refractivity contribution in [2.75, 3.05) is 6.54 Å². The Morgan fingerprint density at radius 3 is 2.41 bits per heavy atom. The number of aryl methyl sites for hydroxylation is 2. The number of aromatic nitrogens is 1. The minimum atomic E-state index is 0.539. The summed E-state index contributed by atoms with van der Waals surface area (Å²) in [6.45, 7) is 7.54. The van der Waals surface area contributed by atoms with E-state index in [1.165, 1.54) is 49.6 Å². The number of unbranched alkanes of at least 4 members (excludes halogenated alkanes) is 1. The Balaban J connectivity index is 1.98. The van der Waals surface area contributed by atoms with Gasteiger partial charge in [-0.1, -0.05) is 68.4 Å². The molecule has 1 atom stereocenters. The van der Waals surface area contributed by atoms with Gasteiger partial charge in [0.1, 0.15) is 0 Å². The van der Waals surface area contributed by atoms with Crippen molar-refractivity contribution in [3.05, 3.63) is 71.3 Å². The van der Waals surface area contributed by atoms with Crippen LogP contribution < -0.4 is 5.73 Å². The highest BCUT2D eigenvalue weighted by atomic mass is 14.7. The zero-order valence-corrected chi connectivity index (χ0v) is 17.9. The van der Waals surface area contributed by atoms with Crippen LogP contribution in [0.4, 0.5) is 0 Å². The average molecular weight is 385 g/mol. The quantitative estimate of drug-likeness (QED) is 0.328. The molecular weight excluding hydrogens is 352 g/mol. The van der Waals surface area contributed by atoms with Crippen molar-refractivity contribution in [1.82, 2.24) is 4.98 Å². The van der Waals surface area contributed by atoms with E-state index in [1.807, 2.05) is 0 Å². The monoisotopic (exact) mass is 384 g/mol. The van der Waals surface area contributed by atoms with Crippen molar-refractivity contribution in [3.8, 4) is 11.3 Å².